The Kier molecular flexibility index (Phi) is 5.16. The van der Waals surface area contributed by atoms with E-state index in [4.69, 9.17) is 4.74 Å². The number of amides is 1. The van der Waals surface area contributed by atoms with Crippen LogP contribution in [0, 0.1) is 0 Å². The number of benzene rings is 2. The van der Waals surface area contributed by atoms with E-state index in [2.05, 4.69) is 10.4 Å². The molecule has 1 amide bonds. The third kappa shape index (κ3) is 3.88. The van der Waals surface area contributed by atoms with Crippen LogP contribution in [-0.4, -0.2) is 22.8 Å². The van der Waals surface area contributed by atoms with Gasteiger partial charge in [-0.25, -0.2) is 0 Å². The highest BCUT2D eigenvalue weighted by atomic mass is 19.4. The smallest absolute Gasteiger partial charge is 0.418 e. The third-order valence-corrected chi connectivity index (χ3v) is 3.81. The predicted octanol–water partition coefficient (Wildman–Crippen LogP) is 3.51. The Morgan fingerprint density at radius 1 is 1.07 bits per heavy atom. The molecule has 0 fully saturated rings. The van der Waals surface area contributed by atoms with E-state index in [0.717, 1.165) is 22.9 Å². The molecule has 0 saturated heterocycles. The predicted molar refractivity (Wildman–Crippen MR) is 95.8 cm³/mol. The fourth-order valence-corrected chi connectivity index (χ4v) is 2.53. The molecule has 0 spiro atoms. The van der Waals surface area contributed by atoms with Crippen LogP contribution in [0.1, 0.15) is 16.1 Å². The highest BCUT2D eigenvalue weighted by Gasteiger charge is 2.34. The Labute approximate surface area is 157 Å². The van der Waals surface area contributed by atoms with Gasteiger partial charge in [0.2, 0.25) is 0 Å². The number of rotatable bonds is 4. The van der Waals surface area contributed by atoms with Gasteiger partial charge < -0.3 is 10.1 Å². The average Bonchev–Trinajstić information content (AvgIpc) is 2.67. The highest BCUT2D eigenvalue weighted by molar-refractivity contribution is 6.05. The molecule has 6 nitrogen and oxygen atoms in total. The zero-order chi connectivity index (χ0) is 20.3. The van der Waals surface area contributed by atoms with Gasteiger partial charge in [0, 0.05) is 0 Å². The van der Waals surface area contributed by atoms with Gasteiger partial charge in [0.15, 0.2) is 11.4 Å². The van der Waals surface area contributed by atoms with Crippen molar-refractivity contribution in [2.75, 3.05) is 12.4 Å². The van der Waals surface area contributed by atoms with Crippen molar-refractivity contribution in [3.8, 4) is 11.4 Å². The van der Waals surface area contributed by atoms with Crippen LogP contribution in [0.15, 0.2) is 65.5 Å². The van der Waals surface area contributed by atoms with Gasteiger partial charge in [-0.2, -0.15) is 23.0 Å². The number of hydrogen-bond donors (Lipinski definition) is 1. The van der Waals surface area contributed by atoms with E-state index < -0.39 is 28.9 Å². The van der Waals surface area contributed by atoms with Crippen LogP contribution in [0.4, 0.5) is 18.9 Å². The van der Waals surface area contributed by atoms with Gasteiger partial charge in [-0.05, 0) is 24.3 Å². The molecule has 0 aliphatic carbocycles. The minimum absolute atomic E-state index is 0.154. The minimum atomic E-state index is -4.65. The molecule has 144 valence electrons. The van der Waals surface area contributed by atoms with Crippen molar-refractivity contribution in [1.29, 1.82) is 0 Å². The van der Waals surface area contributed by atoms with Gasteiger partial charge in [0.1, 0.15) is 0 Å². The van der Waals surface area contributed by atoms with Crippen LogP contribution in [0.2, 0.25) is 0 Å². The topological polar surface area (TPSA) is 73.2 Å². The fraction of sp³-hybridized carbons (Fsp3) is 0.105. The number of nitrogens with one attached hydrogen (secondary N) is 1. The molecule has 0 saturated carbocycles. The summed E-state index contributed by atoms with van der Waals surface area (Å²) in [5, 5.41) is 6.18. The number of aromatic nitrogens is 2. The van der Waals surface area contributed by atoms with E-state index in [0.29, 0.717) is 5.69 Å². The first-order valence-corrected chi connectivity index (χ1v) is 8.02. The number of carbonyl (C=O) groups excluding carboxylic acids is 1. The Hall–Kier alpha value is -3.62. The number of hydrogen-bond acceptors (Lipinski definition) is 4. The Balaban J connectivity index is 2.04. The molecular weight excluding hydrogens is 375 g/mol. The van der Waals surface area contributed by atoms with Gasteiger partial charge in [0.25, 0.3) is 11.5 Å². The summed E-state index contributed by atoms with van der Waals surface area (Å²) in [6.07, 6.45) is -4.65. The lowest BCUT2D eigenvalue weighted by Crippen LogP contribution is -2.26. The molecule has 0 aliphatic rings. The Morgan fingerprint density at radius 2 is 1.71 bits per heavy atom. The lowest BCUT2D eigenvalue weighted by atomic mass is 10.1. The van der Waals surface area contributed by atoms with Gasteiger partial charge in [0.05, 0.1) is 30.1 Å². The van der Waals surface area contributed by atoms with Gasteiger partial charge in [-0.1, -0.05) is 30.3 Å². The number of carbonyl (C=O) groups is 1. The van der Waals surface area contributed by atoms with E-state index in [9.17, 15) is 22.8 Å². The number of methoxy groups -OCH3 is 1. The monoisotopic (exact) mass is 389 g/mol. The van der Waals surface area contributed by atoms with Crippen molar-refractivity contribution in [2.45, 2.75) is 6.18 Å². The van der Waals surface area contributed by atoms with E-state index in [-0.39, 0.29) is 11.4 Å². The van der Waals surface area contributed by atoms with Crippen molar-refractivity contribution in [1.82, 2.24) is 9.78 Å². The maximum Gasteiger partial charge on any atom is 0.418 e. The fourth-order valence-electron chi connectivity index (χ4n) is 2.53. The summed E-state index contributed by atoms with van der Waals surface area (Å²) in [6, 6.07) is 13.9. The van der Waals surface area contributed by atoms with Gasteiger partial charge >= 0.3 is 6.18 Å². The zero-order valence-electron chi connectivity index (χ0n) is 14.5. The van der Waals surface area contributed by atoms with Crippen molar-refractivity contribution in [3.05, 3.63) is 82.3 Å². The molecule has 1 aromatic heterocycles. The van der Waals surface area contributed by atoms with Crippen LogP contribution >= 0.6 is 0 Å². The summed E-state index contributed by atoms with van der Waals surface area (Å²) >= 11 is 0. The standard InChI is InChI=1S/C19H14F3N3O3/c1-28-15-11-16(26)25(12-7-3-2-4-8-12)24-17(15)18(27)23-14-10-6-5-9-13(14)19(20,21)22/h2-11H,1H3,(H,23,27). The molecule has 3 rings (SSSR count). The van der Waals surface area contributed by atoms with Crippen LogP contribution in [0.3, 0.4) is 0 Å². The SMILES string of the molecule is COc1cc(=O)n(-c2ccccc2)nc1C(=O)Nc1ccccc1C(F)(F)F. The first-order chi connectivity index (χ1) is 13.3. The number of anilines is 1. The summed E-state index contributed by atoms with van der Waals surface area (Å²) in [5.74, 6) is -1.10. The molecule has 0 atom stereocenters. The second-order valence-corrected chi connectivity index (χ2v) is 5.64. The quantitative estimate of drug-likeness (QED) is 0.741. The molecule has 2 aromatic carbocycles. The van der Waals surface area contributed by atoms with Gasteiger partial charge in [-0.15, -0.1) is 0 Å². The number of para-hydroxylation sites is 2. The minimum Gasteiger partial charge on any atom is -0.494 e. The highest BCUT2D eigenvalue weighted by Crippen LogP contribution is 2.34. The number of ether oxygens (including phenoxy) is 1. The van der Waals surface area contributed by atoms with Crippen LogP contribution in [-0.2, 0) is 6.18 Å². The normalized spacial score (nSPS) is 11.1. The molecular formula is C19H14F3N3O3. The maximum absolute atomic E-state index is 13.1. The Bertz CT molecular complexity index is 1060. The zero-order valence-corrected chi connectivity index (χ0v) is 14.5. The molecule has 0 bridgehead atoms. The summed E-state index contributed by atoms with van der Waals surface area (Å²) in [6.45, 7) is 0. The first-order valence-electron chi connectivity index (χ1n) is 8.02. The summed E-state index contributed by atoms with van der Waals surface area (Å²) < 4.78 is 45.4. The molecule has 1 heterocycles. The molecule has 1 N–H and O–H groups in total. The van der Waals surface area contributed by atoms with Crippen LogP contribution in [0.25, 0.3) is 5.69 Å². The molecule has 28 heavy (non-hydrogen) atoms. The second-order valence-electron chi connectivity index (χ2n) is 5.64. The van der Waals surface area contributed by atoms with E-state index in [1.807, 2.05) is 0 Å². The lowest BCUT2D eigenvalue weighted by molar-refractivity contribution is -0.136. The summed E-state index contributed by atoms with van der Waals surface area (Å²) in [4.78, 5) is 24.9. The Morgan fingerprint density at radius 3 is 2.36 bits per heavy atom. The molecule has 3 aromatic rings. The van der Waals surface area contributed by atoms with Gasteiger partial charge in [-0.3, -0.25) is 9.59 Å². The molecule has 9 heteroatoms. The van der Waals surface area contributed by atoms with Crippen molar-refractivity contribution in [2.24, 2.45) is 0 Å². The van der Waals surface area contributed by atoms with E-state index in [1.54, 1.807) is 30.3 Å². The molecule has 0 aliphatic heterocycles. The summed E-state index contributed by atoms with van der Waals surface area (Å²) in [5.41, 5.74) is -1.93. The van der Waals surface area contributed by atoms with Crippen molar-refractivity contribution < 1.29 is 22.7 Å². The number of alkyl halides is 3. The van der Waals surface area contributed by atoms with E-state index >= 15 is 0 Å². The largest absolute Gasteiger partial charge is 0.494 e. The lowest BCUT2D eigenvalue weighted by Gasteiger charge is -2.15. The van der Waals surface area contributed by atoms with Crippen molar-refractivity contribution in [3.63, 3.8) is 0 Å². The van der Waals surface area contributed by atoms with Crippen molar-refractivity contribution >= 4 is 11.6 Å². The first kappa shape index (κ1) is 19.2. The van der Waals surface area contributed by atoms with Crippen LogP contribution < -0.4 is 15.6 Å². The number of nitrogens with zero attached hydrogens (tertiary/aromatic N) is 2. The number of halogens is 3. The van der Waals surface area contributed by atoms with Crippen LogP contribution in [0.5, 0.6) is 5.75 Å². The average molecular weight is 389 g/mol. The van der Waals surface area contributed by atoms with E-state index in [1.165, 1.54) is 19.2 Å². The molecule has 0 unspecified atom stereocenters. The third-order valence-electron chi connectivity index (χ3n) is 3.81. The second kappa shape index (κ2) is 7.55. The summed E-state index contributed by atoms with van der Waals surface area (Å²) in [7, 11) is 1.23. The maximum atomic E-state index is 13.1. The molecule has 0 radical (unpaired) electrons.